The van der Waals surface area contributed by atoms with Gasteiger partial charge in [-0.3, -0.25) is 4.90 Å². The Morgan fingerprint density at radius 2 is 2.16 bits per heavy atom. The van der Waals surface area contributed by atoms with Crippen LogP contribution < -0.4 is 5.32 Å². The lowest BCUT2D eigenvalue weighted by Gasteiger charge is -2.32. The number of rotatable bonds is 3. The van der Waals surface area contributed by atoms with Crippen molar-refractivity contribution < 1.29 is 0 Å². The van der Waals surface area contributed by atoms with Crippen molar-refractivity contribution in [3.05, 3.63) is 28.6 Å². The number of hydrogen-bond acceptors (Lipinski definition) is 4. The molecule has 0 spiro atoms. The molecule has 19 heavy (non-hydrogen) atoms. The molecule has 2 aromatic heterocycles. The number of fused-ring (bicyclic) bond motifs is 1. The van der Waals surface area contributed by atoms with E-state index in [0.29, 0.717) is 6.04 Å². The highest BCUT2D eigenvalue weighted by molar-refractivity contribution is 9.10. The molecule has 5 nitrogen and oxygen atoms in total. The van der Waals surface area contributed by atoms with E-state index in [-0.39, 0.29) is 0 Å². The van der Waals surface area contributed by atoms with Gasteiger partial charge >= 0.3 is 0 Å². The molecule has 0 bridgehead atoms. The quantitative estimate of drug-likeness (QED) is 0.925. The fraction of sp³-hybridized carbons (Fsp3) is 0.538. The lowest BCUT2D eigenvalue weighted by atomic mass is 10.2. The Kier molecular flexibility index (Phi) is 3.81. The Morgan fingerprint density at radius 3 is 2.95 bits per heavy atom. The Labute approximate surface area is 121 Å². The number of piperazine rings is 1. The van der Waals surface area contributed by atoms with Crippen molar-refractivity contribution >= 4 is 21.6 Å². The van der Waals surface area contributed by atoms with E-state index in [4.69, 9.17) is 0 Å². The van der Waals surface area contributed by atoms with Gasteiger partial charge in [-0.25, -0.2) is 9.50 Å². The molecule has 1 aliphatic heterocycles. The minimum Gasteiger partial charge on any atom is -0.314 e. The number of pyridine rings is 1. The van der Waals surface area contributed by atoms with E-state index in [1.807, 2.05) is 22.8 Å². The molecule has 0 radical (unpaired) electrons. The third-order valence-corrected chi connectivity index (χ3v) is 4.06. The summed E-state index contributed by atoms with van der Waals surface area (Å²) in [6, 6.07) is 4.46. The summed E-state index contributed by atoms with van der Waals surface area (Å²) in [5, 5.41) is 7.92. The van der Waals surface area contributed by atoms with Crippen LogP contribution in [0.5, 0.6) is 0 Å². The molecule has 1 fully saturated rings. The Bertz CT molecular complexity index is 561. The zero-order valence-electron chi connectivity index (χ0n) is 11.0. The fourth-order valence-corrected chi connectivity index (χ4v) is 2.83. The average Bonchev–Trinajstić information content (AvgIpc) is 2.81. The van der Waals surface area contributed by atoms with Crippen LogP contribution >= 0.6 is 15.9 Å². The molecule has 1 aliphatic rings. The SMILES string of the molecule is CC(Cc1nc2ccc(Br)cn2n1)N1CCNCC1. The van der Waals surface area contributed by atoms with E-state index in [1.165, 1.54) is 0 Å². The molecule has 0 aromatic carbocycles. The first-order chi connectivity index (χ1) is 9.22. The number of nitrogens with zero attached hydrogens (tertiary/aromatic N) is 4. The van der Waals surface area contributed by atoms with E-state index in [0.717, 1.165) is 48.5 Å². The minimum absolute atomic E-state index is 0.489. The second kappa shape index (κ2) is 5.56. The maximum atomic E-state index is 4.58. The van der Waals surface area contributed by atoms with Gasteiger partial charge in [-0.2, -0.15) is 5.10 Å². The summed E-state index contributed by atoms with van der Waals surface area (Å²) in [4.78, 5) is 7.08. The van der Waals surface area contributed by atoms with Crippen LogP contribution in [-0.2, 0) is 6.42 Å². The third kappa shape index (κ3) is 2.96. The number of aromatic nitrogens is 3. The van der Waals surface area contributed by atoms with Crippen molar-refractivity contribution in [1.82, 2.24) is 24.8 Å². The smallest absolute Gasteiger partial charge is 0.155 e. The second-order valence-electron chi connectivity index (χ2n) is 5.02. The van der Waals surface area contributed by atoms with E-state index in [9.17, 15) is 0 Å². The monoisotopic (exact) mass is 323 g/mol. The summed E-state index contributed by atoms with van der Waals surface area (Å²) in [7, 11) is 0. The topological polar surface area (TPSA) is 45.5 Å². The molecule has 3 heterocycles. The minimum atomic E-state index is 0.489. The van der Waals surface area contributed by atoms with Crippen LogP contribution in [0.2, 0.25) is 0 Å². The van der Waals surface area contributed by atoms with Gasteiger partial charge in [0.05, 0.1) is 0 Å². The van der Waals surface area contributed by atoms with Crippen molar-refractivity contribution in [2.24, 2.45) is 0 Å². The van der Waals surface area contributed by atoms with Gasteiger partial charge in [0.15, 0.2) is 11.5 Å². The Hall–Kier alpha value is -0.980. The average molecular weight is 324 g/mol. The van der Waals surface area contributed by atoms with Gasteiger partial charge in [-0.1, -0.05) is 0 Å². The molecule has 3 rings (SSSR count). The third-order valence-electron chi connectivity index (χ3n) is 3.59. The number of halogens is 1. The highest BCUT2D eigenvalue weighted by Gasteiger charge is 2.18. The molecule has 1 atom stereocenters. The molecule has 0 amide bonds. The van der Waals surface area contributed by atoms with Crippen molar-refractivity contribution in [3.8, 4) is 0 Å². The van der Waals surface area contributed by atoms with Gasteiger partial charge in [0.2, 0.25) is 0 Å². The number of nitrogens with one attached hydrogen (secondary N) is 1. The molecular formula is C13H18BrN5. The van der Waals surface area contributed by atoms with E-state index in [1.54, 1.807) is 0 Å². The Morgan fingerprint density at radius 1 is 1.37 bits per heavy atom. The van der Waals surface area contributed by atoms with Crippen molar-refractivity contribution in [3.63, 3.8) is 0 Å². The first kappa shape index (κ1) is 13.0. The summed E-state index contributed by atoms with van der Waals surface area (Å²) in [6.45, 7) is 6.64. The van der Waals surface area contributed by atoms with Crippen molar-refractivity contribution in [1.29, 1.82) is 0 Å². The van der Waals surface area contributed by atoms with E-state index < -0.39 is 0 Å². The summed E-state index contributed by atoms with van der Waals surface area (Å²) >= 11 is 3.45. The standard InChI is InChI=1S/C13H18BrN5/c1-10(18-6-4-15-5-7-18)8-12-16-13-3-2-11(14)9-19(13)17-12/h2-3,9-10,15H,4-8H2,1H3. The molecule has 6 heteroatoms. The molecule has 0 saturated carbocycles. The molecule has 1 saturated heterocycles. The zero-order chi connectivity index (χ0) is 13.2. The normalized spacial score (nSPS) is 18.8. The van der Waals surface area contributed by atoms with Crippen LogP contribution in [0, 0.1) is 0 Å². The number of hydrogen-bond donors (Lipinski definition) is 1. The van der Waals surface area contributed by atoms with Gasteiger partial charge in [0.1, 0.15) is 0 Å². The van der Waals surface area contributed by atoms with Gasteiger partial charge in [0, 0.05) is 49.3 Å². The van der Waals surface area contributed by atoms with Crippen LogP contribution in [0.3, 0.4) is 0 Å². The highest BCUT2D eigenvalue weighted by Crippen LogP contribution is 2.12. The highest BCUT2D eigenvalue weighted by atomic mass is 79.9. The zero-order valence-corrected chi connectivity index (χ0v) is 12.6. The van der Waals surface area contributed by atoms with Gasteiger partial charge in [0.25, 0.3) is 0 Å². The van der Waals surface area contributed by atoms with Gasteiger partial charge in [-0.05, 0) is 35.0 Å². The molecule has 0 aliphatic carbocycles. The predicted octanol–water partition coefficient (Wildman–Crippen LogP) is 1.33. The van der Waals surface area contributed by atoms with Gasteiger partial charge < -0.3 is 5.32 Å². The van der Waals surface area contributed by atoms with Crippen LogP contribution in [-0.4, -0.2) is 51.7 Å². The van der Waals surface area contributed by atoms with Crippen LogP contribution in [0.25, 0.3) is 5.65 Å². The second-order valence-corrected chi connectivity index (χ2v) is 5.93. The maximum absolute atomic E-state index is 4.58. The van der Waals surface area contributed by atoms with Crippen LogP contribution in [0.4, 0.5) is 0 Å². The molecule has 2 aromatic rings. The lowest BCUT2D eigenvalue weighted by Crippen LogP contribution is -2.48. The maximum Gasteiger partial charge on any atom is 0.155 e. The van der Waals surface area contributed by atoms with Crippen molar-refractivity contribution in [2.45, 2.75) is 19.4 Å². The molecule has 1 N–H and O–H groups in total. The molecule has 1 unspecified atom stereocenters. The summed E-state index contributed by atoms with van der Waals surface area (Å²) in [5.74, 6) is 0.920. The van der Waals surface area contributed by atoms with Crippen molar-refractivity contribution in [2.75, 3.05) is 26.2 Å². The Balaban J connectivity index is 1.73. The van der Waals surface area contributed by atoms with Crippen LogP contribution in [0.15, 0.2) is 22.8 Å². The lowest BCUT2D eigenvalue weighted by molar-refractivity contribution is 0.182. The first-order valence-electron chi connectivity index (χ1n) is 6.68. The predicted molar refractivity (Wildman–Crippen MR) is 78.3 cm³/mol. The largest absolute Gasteiger partial charge is 0.314 e. The summed E-state index contributed by atoms with van der Waals surface area (Å²) in [6.07, 6.45) is 2.85. The van der Waals surface area contributed by atoms with Gasteiger partial charge in [-0.15, -0.1) is 0 Å². The van der Waals surface area contributed by atoms with Crippen LogP contribution in [0.1, 0.15) is 12.7 Å². The molecular weight excluding hydrogens is 306 g/mol. The van der Waals surface area contributed by atoms with E-state index in [2.05, 4.69) is 43.2 Å². The molecule has 102 valence electrons. The fourth-order valence-electron chi connectivity index (χ4n) is 2.51. The summed E-state index contributed by atoms with van der Waals surface area (Å²) < 4.78 is 2.86. The van der Waals surface area contributed by atoms with E-state index >= 15 is 0 Å². The first-order valence-corrected chi connectivity index (χ1v) is 7.47. The summed E-state index contributed by atoms with van der Waals surface area (Å²) in [5.41, 5.74) is 0.908.